The number of hydrogen-bond acceptors (Lipinski definition) is 12. The highest BCUT2D eigenvalue weighted by atomic mass is 33.1. The summed E-state index contributed by atoms with van der Waals surface area (Å²) in [7, 11) is 9.78. The van der Waals surface area contributed by atoms with Gasteiger partial charge in [-0.1, -0.05) is 72.8 Å². The Morgan fingerprint density at radius 1 is 0.308 bits per heavy atom. The van der Waals surface area contributed by atoms with E-state index in [0.29, 0.717) is 0 Å². The van der Waals surface area contributed by atoms with Crippen LogP contribution in [-0.2, 0) is 0 Å². The first-order valence-corrected chi connectivity index (χ1v) is 18.7. The minimum absolute atomic E-state index is 0.161. The third-order valence-electron chi connectivity index (χ3n) is 6.79. The second-order valence-electron chi connectivity index (χ2n) is 9.17. The molecule has 4 aromatic rings. The Labute approximate surface area is 252 Å². The molecule has 0 amide bonds. The van der Waals surface area contributed by atoms with E-state index in [9.17, 15) is 0 Å². The third kappa shape index (κ3) is 6.03. The molecule has 3 aliphatic rings. The summed E-state index contributed by atoms with van der Waals surface area (Å²) in [5, 5.41) is 0. The highest BCUT2D eigenvalue weighted by Crippen LogP contribution is 2.37. The molecule has 6 nitrogen and oxygen atoms in total. The SMILES string of the molecule is c1cc(C2NSSN2)ccc1-c1cc(-c2ccc(C3NSSN3)cc2)cc(-c2ccc(C3NSSN3)cc2)c1. The van der Waals surface area contributed by atoms with Gasteiger partial charge in [-0.2, -0.15) is 0 Å². The zero-order valence-electron chi connectivity index (χ0n) is 20.3. The van der Waals surface area contributed by atoms with E-state index in [2.05, 4.69) is 119 Å². The summed E-state index contributed by atoms with van der Waals surface area (Å²) in [4.78, 5) is 0. The van der Waals surface area contributed by atoms with Crippen molar-refractivity contribution in [2.75, 3.05) is 0 Å². The predicted molar refractivity (Wildman–Crippen MR) is 175 cm³/mol. The van der Waals surface area contributed by atoms with Crippen molar-refractivity contribution in [2.24, 2.45) is 0 Å². The molecule has 0 atom stereocenters. The maximum absolute atomic E-state index is 3.39. The van der Waals surface area contributed by atoms with Gasteiger partial charge in [0.15, 0.2) is 0 Å². The van der Waals surface area contributed by atoms with Gasteiger partial charge in [-0.15, -0.1) is 0 Å². The lowest BCUT2D eigenvalue weighted by atomic mass is 9.92. The van der Waals surface area contributed by atoms with E-state index >= 15 is 0 Å². The second-order valence-corrected chi connectivity index (χ2v) is 14.6. The van der Waals surface area contributed by atoms with Gasteiger partial charge in [0.2, 0.25) is 0 Å². The van der Waals surface area contributed by atoms with E-state index in [4.69, 9.17) is 0 Å². The van der Waals surface area contributed by atoms with Gasteiger partial charge in [-0.25, -0.2) is 28.3 Å². The van der Waals surface area contributed by atoms with E-state index in [1.54, 1.807) is 65.9 Å². The Balaban J connectivity index is 1.24. The van der Waals surface area contributed by atoms with Crippen molar-refractivity contribution in [3.8, 4) is 33.4 Å². The highest BCUT2D eigenvalue weighted by Gasteiger charge is 2.19. The van der Waals surface area contributed by atoms with E-state index in [1.807, 2.05) is 0 Å². The largest absolute Gasteiger partial charge is 0.232 e. The minimum Gasteiger partial charge on any atom is -0.232 e. The van der Waals surface area contributed by atoms with Gasteiger partial charge < -0.3 is 0 Å². The molecule has 3 fully saturated rings. The molecule has 3 aliphatic heterocycles. The summed E-state index contributed by atoms with van der Waals surface area (Å²) in [5.41, 5.74) is 10.9. The molecule has 0 saturated carbocycles. The maximum Gasteiger partial charge on any atom is 0.103 e. The van der Waals surface area contributed by atoms with Crippen LogP contribution in [0.1, 0.15) is 35.2 Å². The van der Waals surface area contributed by atoms with Crippen LogP contribution in [0.15, 0.2) is 91.0 Å². The molecule has 0 aliphatic carbocycles. The van der Waals surface area contributed by atoms with Crippen molar-refractivity contribution in [3.05, 3.63) is 108 Å². The van der Waals surface area contributed by atoms with Crippen LogP contribution >= 0.6 is 65.9 Å². The zero-order valence-corrected chi connectivity index (χ0v) is 25.2. The predicted octanol–water partition coefficient (Wildman–Crippen LogP) is 7.90. The van der Waals surface area contributed by atoms with Gasteiger partial charge in [0.1, 0.15) is 18.5 Å². The maximum atomic E-state index is 3.39. The van der Waals surface area contributed by atoms with Gasteiger partial charge >= 0.3 is 0 Å². The average molecular weight is 625 g/mol. The molecular weight excluding hydrogens is 601 g/mol. The standard InChI is InChI=1S/C27H24N6S6/c1-7-19(25-28-34-35-29-25)8-2-16(1)22-13-23(17-3-9-20(10-4-17)26-30-36-37-31-26)15-24(14-22)18-5-11-21(12-6-18)27-32-38-39-33-27/h1-15,25-33H. The van der Waals surface area contributed by atoms with Crippen molar-refractivity contribution >= 4 is 65.9 Å². The first-order valence-electron chi connectivity index (χ1n) is 12.3. The van der Waals surface area contributed by atoms with Crippen LogP contribution in [0.4, 0.5) is 0 Å². The van der Waals surface area contributed by atoms with Gasteiger partial charge in [0.25, 0.3) is 0 Å². The van der Waals surface area contributed by atoms with Crippen molar-refractivity contribution in [1.82, 2.24) is 28.3 Å². The minimum atomic E-state index is 0.161. The molecule has 12 heteroatoms. The molecule has 0 bridgehead atoms. The van der Waals surface area contributed by atoms with Gasteiger partial charge in [0, 0.05) is 65.9 Å². The summed E-state index contributed by atoms with van der Waals surface area (Å²) >= 11 is 0. The lowest BCUT2D eigenvalue weighted by Gasteiger charge is -2.15. The number of rotatable bonds is 6. The second kappa shape index (κ2) is 12.3. The first kappa shape index (κ1) is 26.6. The monoisotopic (exact) mass is 624 g/mol. The highest BCUT2D eigenvalue weighted by molar-refractivity contribution is 8.76. The van der Waals surface area contributed by atoms with Gasteiger partial charge in [-0.3, -0.25) is 0 Å². The summed E-state index contributed by atoms with van der Waals surface area (Å²) < 4.78 is 20.3. The fraction of sp³-hybridized carbons (Fsp3) is 0.111. The van der Waals surface area contributed by atoms with Crippen LogP contribution in [0.25, 0.3) is 33.4 Å². The van der Waals surface area contributed by atoms with E-state index in [0.717, 1.165) is 0 Å². The molecular formula is C27H24N6S6. The molecule has 6 N–H and O–H groups in total. The number of benzene rings is 4. The van der Waals surface area contributed by atoms with Crippen LogP contribution in [-0.4, -0.2) is 0 Å². The fourth-order valence-electron chi connectivity index (χ4n) is 4.65. The molecule has 0 radical (unpaired) electrons. The molecule has 0 unspecified atom stereocenters. The quantitative estimate of drug-likeness (QED) is 0.0933. The van der Waals surface area contributed by atoms with Crippen LogP contribution in [0.5, 0.6) is 0 Å². The van der Waals surface area contributed by atoms with Crippen molar-refractivity contribution in [1.29, 1.82) is 0 Å². The van der Waals surface area contributed by atoms with E-state index in [1.165, 1.54) is 50.1 Å². The molecule has 3 heterocycles. The average Bonchev–Trinajstić information content (AvgIpc) is 3.82. The summed E-state index contributed by atoms with van der Waals surface area (Å²) in [5.74, 6) is 0. The Hall–Kier alpha value is -1.26. The smallest absolute Gasteiger partial charge is 0.103 e. The Bertz CT molecular complexity index is 1230. The topological polar surface area (TPSA) is 72.2 Å². The van der Waals surface area contributed by atoms with Crippen molar-refractivity contribution in [2.45, 2.75) is 18.5 Å². The molecule has 7 rings (SSSR count). The fourth-order valence-corrected chi connectivity index (χ4v) is 9.50. The molecule has 0 aromatic heterocycles. The van der Waals surface area contributed by atoms with Crippen LogP contribution in [0, 0.1) is 0 Å². The number of hydrogen-bond donors (Lipinski definition) is 6. The van der Waals surface area contributed by atoms with Gasteiger partial charge in [-0.05, 0) is 68.3 Å². The molecule has 4 aromatic carbocycles. The number of nitrogens with one attached hydrogen (secondary N) is 6. The lowest BCUT2D eigenvalue weighted by Crippen LogP contribution is -2.17. The normalized spacial score (nSPS) is 18.8. The van der Waals surface area contributed by atoms with Crippen molar-refractivity contribution in [3.63, 3.8) is 0 Å². The zero-order chi connectivity index (χ0) is 26.0. The molecule has 0 spiro atoms. The lowest BCUT2D eigenvalue weighted by molar-refractivity contribution is 0.680. The Morgan fingerprint density at radius 3 is 0.769 bits per heavy atom. The molecule has 39 heavy (non-hydrogen) atoms. The van der Waals surface area contributed by atoms with Crippen molar-refractivity contribution < 1.29 is 0 Å². The summed E-state index contributed by atoms with van der Waals surface area (Å²) in [6.45, 7) is 0. The third-order valence-corrected chi connectivity index (χ3v) is 11.5. The van der Waals surface area contributed by atoms with E-state index < -0.39 is 0 Å². The van der Waals surface area contributed by atoms with Gasteiger partial charge in [0.05, 0.1) is 0 Å². The van der Waals surface area contributed by atoms with Crippen LogP contribution < -0.4 is 28.3 Å². The molecule has 198 valence electrons. The summed E-state index contributed by atoms with van der Waals surface area (Å²) in [6.07, 6.45) is 0.484. The van der Waals surface area contributed by atoms with E-state index in [-0.39, 0.29) is 18.5 Å². The molecule has 3 saturated heterocycles. The Morgan fingerprint density at radius 2 is 0.538 bits per heavy atom. The first-order chi connectivity index (χ1) is 19.3. The van der Waals surface area contributed by atoms with Crippen LogP contribution in [0.3, 0.4) is 0 Å². The Kier molecular flexibility index (Phi) is 8.41. The summed E-state index contributed by atoms with van der Waals surface area (Å²) in [6, 6.07) is 33.5. The van der Waals surface area contributed by atoms with Crippen LogP contribution in [0.2, 0.25) is 0 Å².